The van der Waals surface area contributed by atoms with Gasteiger partial charge in [0.05, 0.1) is 10.2 Å². The van der Waals surface area contributed by atoms with Gasteiger partial charge < -0.3 is 11.1 Å². The van der Waals surface area contributed by atoms with Crippen LogP contribution in [0.3, 0.4) is 0 Å². The van der Waals surface area contributed by atoms with Gasteiger partial charge in [0.2, 0.25) is 0 Å². The highest BCUT2D eigenvalue weighted by atomic mass is 32.1. The first-order valence-corrected chi connectivity index (χ1v) is 6.00. The van der Waals surface area contributed by atoms with Crippen LogP contribution in [0.1, 0.15) is 12.8 Å². The molecule has 3 N–H and O–H groups in total. The molecule has 3 rings (SSSR count). The molecule has 1 aromatic carbocycles. The van der Waals surface area contributed by atoms with Crippen LogP contribution in [-0.4, -0.2) is 17.1 Å². The molecule has 0 radical (unpaired) electrons. The Labute approximate surface area is 92.3 Å². The number of thiazole rings is 1. The fraction of sp³-hybridized carbons (Fsp3) is 0.364. The molecule has 0 saturated heterocycles. The van der Waals surface area contributed by atoms with Gasteiger partial charge in [-0.1, -0.05) is 23.5 Å². The van der Waals surface area contributed by atoms with Crippen LogP contribution in [-0.2, 0) is 0 Å². The summed E-state index contributed by atoms with van der Waals surface area (Å²) in [5.74, 6) is 0. The smallest absolute Gasteiger partial charge is 0.184 e. The Kier molecular flexibility index (Phi) is 2.11. The van der Waals surface area contributed by atoms with Crippen molar-refractivity contribution < 1.29 is 0 Å². The Morgan fingerprint density at radius 3 is 2.87 bits per heavy atom. The number of nitrogens with one attached hydrogen (secondary N) is 1. The summed E-state index contributed by atoms with van der Waals surface area (Å²) in [7, 11) is 0. The summed E-state index contributed by atoms with van der Waals surface area (Å²) in [6.45, 7) is 0. The quantitative estimate of drug-likeness (QED) is 0.814. The number of rotatable bonds is 2. The Hall–Kier alpha value is -1.13. The first-order valence-electron chi connectivity index (χ1n) is 5.19. The zero-order valence-electron chi connectivity index (χ0n) is 8.31. The minimum Gasteiger partial charge on any atom is -0.359 e. The van der Waals surface area contributed by atoms with E-state index in [9.17, 15) is 0 Å². The molecular formula is C11H13N3S. The molecule has 1 saturated carbocycles. The standard InChI is InChI=1S/C11H13N3S/c12-7-5-8(6-7)13-11-14-9-3-1-2-4-10(9)15-11/h1-4,7-8H,5-6,12H2,(H,13,14). The topological polar surface area (TPSA) is 50.9 Å². The van der Waals surface area contributed by atoms with Crippen LogP contribution >= 0.6 is 11.3 Å². The average Bonchev–Trinajstić information content (AvgIpc) is 2.57. The van der Waals surface area contributed by atoms with Crippen LogP contribution in [0.25, 0.3) is 10.2 Å². The second-order valence-corrected chi connectivity index (χ2v) is 5.09. The van der Waals surface area contributed by atoms with Crippen molar-refractivity contribution in [1.29, 1.82) is 0 Å². The highest BCUT2D eigenvalue weighted by Crippen LogP contribution is 2.29. The van der Waals surface area contributed by atoms with Crippen LogP contribution in [0.5, 0.6) is 0 Å². The van der Waals surface area contributed by atoms with Gasteiger partial charge in [-0.25, -0.2) is 4.98 Å². The van der Waals surface area contributed by atoms with Crippen LogP contribution in [0, 0.1) is 0 Å². The van der Waals surface area contributed by atoms with Gasteiger partial charge in [-0.3, -0.25) is 0 Å². The summed E-state index contributed by atoms with van der Waals surface area (Å²) in [5, 5.41) is 4.45. The minimum atomic E-state index is 0.386. The first kappa shape index (κ1) is 9.12. The van der Waals surface area contributed by atoms with Crippen molar-refractivity contribution in [2.24, 2.45) is 5.73 Å². The number of para-hydroxylation sites is 1. The monoisotopic (exact) mass is 219 g/mol. The highest BCUT2D eigenvalue weighted by Gasteiger charge is 2.26. The van der Waals surface area contributed by atoms with Crippen molar-refractivity contribution in [3.8, 4) is 0 Å². The number of hydrogen-bond acceptors (Lipinski definition) is 4. The molecule has 1 aliphatic carbocycles. The summed E-state index contributed by atoms with van der Waals surface area (Å²) < 4.78 is 1.24. The molecule has 0 aliphatic heterocycles. The maximum atomic E-state index is 5.74. The molecule has 3 nitrogen and oxygen atoms in total. The molecule has 1 aliphatic rings. The van der Waals surface area contributed by atoms with E-state index >= 15 is 0 Å². The summed E-state index contributed by atoms with van der Waals surface area (Å²) in [6.07, 6.45) is 2.13. The number of anilines is 1. The van der Waals surface area contributed by atoms with Crippen LogP contribution < -0.4 is 11.1 Å². The van der Waals surface area contributed by atoms with E-state index in [-0.39, 0.29) is 0 Å². The van der Waals surface area contributed by atoms with Gasteiger partial charge in [0.15, 0.2) is 5.13 Å². The molecule has 2 aromatic rings. The predicted molar refractivity (Wildman–Crippen MR) is 64.2 cm³/mol. The lowest BCUT2D eigenvalue weighted by molar-refractivity contribution is 0.373. The lowest BCUT2D eigenvalue weighted by Crippen LogP contribution is -2.44. The molecule has 0 bridgehead atoms. The van der Waals surface area contributed by atoms with Crippen LogP contribution in [0.4, 0.5) is 5.13 Å². The Morgan fingerprint density at radius 2 is 2.13 bits per heavy atom. The summed E-state index contributed by atoms with van der Waals surface area (Å²) in [4.78, 5) is 4.53. The van der Waals surface area contributed by atoms with Gasteiger partial charge in [0, 0.05) is 12.1 Å². The Morgan fingerprint density at radius 1 is 1.33 bits per heavy atom. The molecule has 1 fully saturated rings. The molecule has 0 atom stereocenters. The van der Waals surface area contributed by atoms with Gasteiger partial charge in [0.25, 0.3) is 0 Å². The Bertz CT molecular complexity index is 440. The molecule has 15 heavy (non-hydrogen) atoms. The second kappa shape index (κ2) is 3.47. The molecule has 0 spiro atoms. The van der Waals surface area contributed by atoms with E-state index in [1.165, 1.54) is 4.70 Å². The zero-order chi connectivity index (χ0) is 10.3. The van der Waals surface area contributed by atoms with E-state index in [2.05, 4.69) is 16.4 Å². The lowest BCUT2D eigenvalue weighted by atomic mass is 9.88. The maximum Gasteiger partial charge on any atom is 0.184 e. The first-order chi connectivity index (χ1) is 7.31. The fourth-order valence-electron chi connectivity index (χ4n) is 1.89. The third kappa shape index (κ3) is 1.70. The van der Waals surface area contributed by atoms with Crippen molar-refractivity contribution in [2.45, 2.75) is 24.9 Å². The summed E-state index contributed by atoms with van der Waals surface area (Å²) >= 11 is 1.71. The number of hydrogen-bond donors (Lipinski definition) is 2. The van der Waals surface area contributed by atoms with E-state index in [1.807, 2.05) is 18.2 Å². The number of benzene rings is 1. The van der Waals surface area contributed by atoms with Gasteiger partial charge in [-0.05, 0) is 25.0 Å². The SMILES string of the molecule is NC1CC(Nc2nc3ccccc3s2)C1. The largest absolute Gasteiger partial charge is 0.359 e. The van der Waals surface area contributed by atoms with Crippen molar-refractivity contribution >= 4 is 26.7 Å². The van der Waals surface area contributed by atoms with E-state index in [4.69, 9.17) is 5.73 Å². The van der Waals surface area contributed by atoms with E-state index in [0.29, 0.717) is 12.1 Å². The fourth-order valence-corrected chi connectivity index (χ4v) is 2.83. The molecule has 0 unspecified atom stereocenters. The predicted octanol–water partition coefficient (Wildman–Crippen LogP) is 2.20. The van der Waals surface area contributed by atoms with Gasteiger partial charge in [0.1, 0.15) is 0 Å². The van der Waals surface area contributed by atoms with Crippen LogP contribution in [0.15, 0.2) is 24.3 Å². The van der Waals surface area contributed by atoms with E-state index in [0.717, 1.165) is 23.5 Å². The Balaban J connectivity index is 1.80. The van der Waals surface area contributed by atoms with E-state index < -0.39 is 0 Å². The normalized spacial score (nSPS) is 25.1. The van der Waals surface area contributed by atoms with Gasteiger partial charge in [-0.2, -0.15) is 0 Å². The molecule has 1 heterocycles. The molecular weight excluding hydrogens is 206 g/mol. The number of fused-ring (bicyclic) bond motifs is 1. The van der Waals surface area contributed by atoms with Crippen molar-refractivity contribution in [3.05, 3.63) is 24.3 Å². The van der Waals surface area contributed by atoms with Crippen molar-refractivity contribution in [3.63, 3.8) is 0 Å². The molecule has 1 aromatic heterocycles. The summed E-state index contributed by atoms with van der Waals surface area (Å²) in [5.41, 5.74) is 6.82. The number of nitrogens with two attached hydrogens (primary N) is 1. The summed E-state index contributed by atoms with van der Waals surface area (Å²) in [6, 6.07) is 9.13. The molecule has 0 amide bonds. The highest BCUT2D eigenvalue weighted by molar-refractivity contribution is 7.22. The van der Waals surface area contributed by atoms with E-state index in [1.54, 1.807) is 11.3 Å². The van der Waals surface area contributed by atoms with Crippen molar-refractivity contribution in [2.75, 3.05) is 5.32 Å². The number of aromatic nitrogens is 1. The van der Waals surface area contributed by atoms with Crippen molar-refractivity contribution in [1.82, 2.24) is 4.98 Å². The molecule has 4 heteroatoms. The van der Waals surface area contributed by atoms with Crippen LogP contribution in [0.2, 0.25) is 0 Å². The zero-order valence-corrected chi connectivity index (χ0v) is 9.13. The lowest BCUT2D eigenvalue weighted by Gasteiger charge is -2.32. The molecule has 78 valence electrons. The van der Waals surface area contributed by atoms with Gasteiger partial charge >= 0.3 is 0 Å². The third-order valence-corrected chi connectivity index (χ3v) is 3.76. The average molecular weight is 219 g/mol. The van der Waals surface area contributed by atoms with Gasteiger partial charge in [-0.15, -0.1) is 0 Å². The second-order valence-electron chi connectivity index (χ2n) is 4.06. The number of nitrogens with zero attached hydrogens (tertiary/aromatic N) is 1. The minimum absolute atomic E-state index is 0.386. The maximum absolute atomic E-state index is 5.74. The third-order valence-electron chi connectivity index (χ3n) is 2.80.